The van der Waals surface area contributed by atoms with Crippen molar-refractivity contribution in [1.82, 2.24) is 5.16 Å². The molecule has 5 heteroatoms. The van der Waals surface area contributed by atoms with E-state index in [9.17, 15) is 4.79 Å². The number of aryl methyl sites for hydroxylation is 4. The average Bonchev–Trinajstić information content (AvgIpc) is 3.26. The molecule has 1 aliphatic carbocycles. The minimum atomic E-state index is -0.120. The molecule has 0 unspecified atom stereocenters. The van der Waals surface area contributed by atoms with E-state index in [0.717, 1.165) is 35.5 Å². The molecule has 0 saturated carbocycles. The molecule has 0 atom stereocenters. The summed E-state index contributed by atoms with van der Waals surface area (Å²) < 4.78 is 10.9. The van der Waals surface area contributed by atoms with Crippen molar-refractivity contribution in [2.75, 3.05) is 5.32 Å². The molecule has 0 saturated heterocycles. The van der Waals surface area contributed by atoms with Crippen LogP contribution >= 0.6 is 0 Å². The molecule has 1 N–H and O–H groups in total. The fourth-order valence-electron chi connectivity index (χ4n) is 3.42. The van der Waals surface area contributed by atoms with Gasteiger partial charge in [0, 0.05) is 11.3 Å². The number of carbonyl (C=O) groups excluding carboxylic acids is 1. The lowest BCUT2D eigenvalue weighted by Crippen LogP contribution is -2.12. The Labute approximate surface area is 158 Å². The highest BCUT2D eigenvalue weighted by atomic mass is 16.5. The summed E-state index contributed by atoms with van der Waals surface area (Å²) in [5, 5.41) is 6.90. The van der Waals surface area contributed by atoms with Gasteiger partial charge in [0.05, 0.1) is 11.3 Å². The minimum absolute atomic E-state index is 0.120. The summed E-state index contributed by atoms with van der Waals surface area (Å²) in [4.78, 5) is 12.5. The van der Waals surface area contributed by atoms with Crippen molar-refractivity contribution in [3.8, 4) is 5.75 Å². The van der Waals surface area contributed by atoms with Gasteiger partial charge in [-0.05, 0) is 80.6 Å². The number of benzene rings is 2. The Kier molecular flexibility index (Phi) is 4.67. The fraction of sp³-hybridized carbons (Fsp3) is 0.273. The van der Waals surface area contributed by atoms with Crippen LogP contribution in [-0.2, 0) is 19.4 Å². The van der Waals surface area contributed by atoms with Crippen LogP contribution in [0.3, 0.4) is 0 Å². The topological polar surface area (TPSA) is 64.4 Å². The van der Waals surface area contributed by atoms with Gasteiger partial charge in [-0.3, -0.25) is 4.79 Å². The maximum atomic E-state index is 12.5. The first-order chi connectivity index (χ1) is 13.1. The third-order valence-corrected chi connectivity index (χ3v) is 5.04. The number of nitrogens with zero attached hydrogens (tertiary/aromatic N) is 1. The van der Waals surface area contributed by atoms with Crippen LogP contribution in [0.4, 0.5) is 5.69 Å². The van der Waals surface area contributed by atoms with E-state index < -0.39 is 0 Å². The molecule has 1 aliphatic rings. The summed E-state index contributed by atoms with van der Waals surface area (Å²) >= 11 is 0. The second-order valence-corrected chi connectivity index (χ2v) is 6.91. The lowest BCUT2D eigenvalue weighted by atomic mass is 10.1. The van der Waals surface area contributed by atoms with E-state index in [2.05, 4.69) is 22.6 Å². The van der Waals surface area contributed by atoms with Gasteiger partial charge in [0.2, 0.25) is 0 Å². The first-order valence-corrected chi connectivity index (χ1v) is 9.18. The van der Waals surface area contributed by atoms with Gasteiger partial charge in [0.25, 0.3) is 5.91 Å². The summed E-state index contributed by atoms with van der Waals surface area (Å²) in [6, 6.07) is 13.3. The maximum absolute atomic E-state index is 12.5. The van der Waals surface area contributed by atoms with E-state index in [1.165, 1.54) is 17.5 Å². The van der Waals surface area contributed by atoms with Gasteiger partial charge in [-0.25, -0.2) is 0 Å². The molecular formula is C22H22N2O3. The number of ether oxygens (including phenoxy) is 1. The molecule has 0 radical (unpaired) electrons. The molecule has 1 heterocycles. The van der Waals surface area contributed by atoms with Crippen LogP contribution in [0.2, 0.25) is 0 Å². The highest BCUT2D eigenvalue weighted by Crippen LogP contribution is 2.25. The third kappa shape index (κ3) is 3.72. The first-order valence-electron chi connectivity index (χ1n) is 9.18. The van der Waals surface area contributed by atoms with Gasteiger partial charge in [0.1, 0.15) is 18.1 Å². The summed E-state index contributed by atoms with van der Waals surface area (Å²) in [6.07, 6.45) is 3.43. The molecule has 0 spiro atoms. The maximum Gasteiger partial charge on any atom is 0.255 e. The van der Waals surface area contributed by atoms with E-state index in [0.29, 0.717) is 17.9 Å². The van der Waals surface area contributed by atoms with Gasteiger partial charge in [-0.1, -0.05) is 11.2 Å². The zero-order valence-corrected chi connectivity index (χ0v) is 15.5. The predicted molar refractivity (Wildman–Crippen MR) is 103 cm³/mol. The van der Waals surface area contributed by atoms with Crippen LogP contribution in [0, 0.1) is 13.8 Å². The Morgan fingerprint density at radius 2 is 1.89 bits per heavy atom. The van der Waals surface area contributed by atoms with E-state index >= 15 is 0 Å². The molecule has 0 fully saturated rings. The van der Waals surface area contributed by atoms with Crippen LogP contribution in [0.1, 0.15) is 44.9 Å². The van der Waals surface area contributed by atoms with E-state index in [1.54, 1.807) is 24.3 Å². The Bertz CT molecular complexity index is 954. The first kappa shape index (κ1) is 17.3. The van der Waals surface area contributed by atoms with Gasteiger partial charge in [0.15, 0.2) is 0 Å². The number of amides is 1. The Morgan fingerprint density at radius 3 is 2.63 bits per heavy atom. The standard InChI is InChI=1S/C22H22N2O3/c1-14-21(15(2)27-24-14)13-26-20-10-7-17(8-11-20)22(25)23-19-9-6-16-4-3-5-18(16)12-19/h6-12H,3-5,13H2,1-2H3,(H,23,25). The number of rotatable bonds is 5. The molecule has 0 bridgehead atoms. The second kappa shape index (κ2) is 7.27. The quantitative estimate of drug-likeness (QED) is 0.720. The van der Waals surface area contributed by atoms with Gasteiger partial charge >= 0.3 is 0 Å². The lowest BCUT2D eigenvalue weighted by molar-refractivity contribution is 0.102. The van der Waals surface area contributed by atoms with E-state index in [4.69, 9.17) is 9.26 Å². The van der Waals surface area contributed by atoms with Crippen LogP contribution in [0.25, 0.3) is 0 Å². The van der Waals surface area contributed by atoms with Crippen LogP contribution in [0.15, 0.2) is 47.0 Å². The lowest BCUT2D eigenvalue weighted by Gasteiger charge is -2.09. The SMILES string of the molecule is Cc1noc(C)c1COc1ccc(C(=O)Nc2ccc3c(c2)CCC3)cc1. The Morgan fingerprint density at radius 1 is 1.11 bits per heavy atom. The van der Waals surface area contributed by atoms with E-state index in [-0.39, 0.29) is 5.91 Å². The monoisotopic (exact) mass is 362 g/mol. The highest BCUT2D eigenvalue weighted by molar-refractivity contribution is 6.04. The molecule has 27 heavy (non-hydrogen) atoms. The van der Waals surface area contributed by atoms with Crippen molar-refractivity contribution >= 4 is 11.6 Å². The van der Waals surface area contributed by atoms with Gasteiger partial charge in [-0.2, -0.15) is 0 Å². The molecule has 1 aromatic heterocycles. The largest absolute Gasteiger partial charge is 0.489 e. The average molecular weight is 362 g/mol. The van der Waals surface area contributed by atoms with Crippen molar-refractivity contribution in [1.29, 1.82) is 0 Å². The molecule has 1 amide bonds. The van der Waals surface area contributed by atoms with Crippen LogP contribution in [-0.4, -0.2) is 11.1 Å². The van der Waals surface area contributed by atoms with Gasteiger partial charge in [-0.15, -0.1) is 0 Å². The normalized spacial score (nSPS) is 12.7. The number of aromatic nitrogens is 1. The van der Waals surface area contributed by atoms with Crippen LogP contribution in [0.5, 0.6) is 5.75 Å². The van der Waals surface area contributed by atoms with Crippen molar-refractivity contribution < 1.29 is 14.1 Å². The minimum Gasteiger partial charge on any atom is -0.489 e. The number of anilines is 1. The van der Waals surface area contributed by atoms with Crippen molar-refractivity contribution in [3.05, 3.63) is 76.2 Å². The summed E-state index contributed by atoms with van der Waals surface area (Å²) in [5.41, 5.74) is 5.97. The smallest absolute Gasteiger partial charge is 0.255 e. The number of carbonyl (C=O) groups is 1. The van der Waals surface area contributed by atoms with Crippen molar-refractivity contribution in [3.63, 3.8) is 0 Å². The Balaban J connectivity index is 1.39. The zero-order valence-electron chi connectivity index (χ0n) is 15.5. The number of hydrogen-bond acceptors (Lipinski definition) is 4. The number of hydrogen-bond donors (Lipinski definition) is 1. The van der Waals surface area contributed by atoms with Gasteiger partial charge < -0.3 is 14.6 Å². The second-order valence-electron chi connectivity index (χ2n) is 6.91. The van der Waals surface area contributed by atoms with Crippen LogP contribution < -0.4 is 10.1 Å². The van der Waals surface area contributed by atoms with E-state index in [1.807, 2.05) is 19.9 Å². The molecule has 0 aliphatic heterocycles. The zero-order chi connectivity index (χ0) is 18.8. The fourth-order valence-corrected chi connectivity index (χ4v) is 3.42. The van der Waals surface area contributed by atoms with Crippen molar-refractivity contribution in [2.45, 2.75) is 39.7 Å². The summed E-state index contributed by atoms with van der Waals surface area (Å²) in [6.45, 7) is 4.15. The third-order valence-electron chi connectivity index (χ3n) is 5.04. The molecule has 5 nitrogen and oxygen atoms in total. The number of nitrogens with one attached hydrogen (secondary N) is 1. The molecule has 4 rings (SSSR count). The summed E-state index contributed by atoms with van der Waals surface area (Å²) in [7, 11) is 0. The molecule has 2 aromatic carbocycles. The molecule has 138 valence electrons. The molecule has 3 aromatic rings. The molecular weight excluding hydrogens is 340 g/mol. The summed E-state index contributed by atoms with van der Waals surface area (Å²) in [5.74, 6) is 1.34. The predicted octanol–water partition coefficient (Wildman–Crippen LogP) is 4.61. The Hall–Kier alpha value is -3.08. The number of fused-ring (bicyclic) bond motifs is 1. The van der Waals surface area contributed by atoms with Crippen molar-refractivity contribution in [2.24, 2.45) is 0 Å². The highest BCUT2D eigenvalue weighted by Gasteiger charge is 2.13.